The number of hydrogen-bond donors (Lipinski definition) is 0. The number of hydrogen-bond acceptors (Lipinski definition) is 5. The van der Waals surface area contributed by atoms with Crippen molar-refractivity contribution in [2.24, 2.45) is 0 Å². The highest BCUT2D eigenvalue weighted by atomic mass is 35.5. The molecule has 6 nitrogen and oxygen atoms in total. The number of aromatic nitrogens is 4. The summed E-state index contributed by atoms with van der Waals surface area (Å²) < 4.78 is 7.65. The van der Waals surface area contributed by atoms with Gasteiger partial charge in [-0.1, -0.05) is 36.4 Å². The smallest absolute Gasteiger partial charge is 0.246 e. The van der Waals surface area contributed by atoms with Gasteiger partial charge in [-0.25, -0.2) is 0 Å². The molecule has 0 amide bonds. The lowest BCUT2D eigenvalue weighted by molar-refractivity contribution is 0.166. The zero-order valence-electron chi connectivity index (χ0n) is 18.2. The first-order valence-electron chi connectivity index (χ1n) is 10.4. The van der Waals surface area contributed by atoms with Crippen LogP contribution >= 0.6 is 11.6 Å². The average molecular weight is 436 g/mol. The number of rotatable bonds is 7. The fourth-order valence-corrected chi connectivity index (χ4v) is 3.86. The van der Waals surface area contributed by atoms with Crippen LogP contribution in [0.5, 0.6) is 11.6 Å². The van der Waals surface area contributed by atoms with Crippen molar-refractivity contribution in [1.29, 1.82) is 0 Å². The van der Waals surface area contributed by atoms with E-state index in [0.29, 0.717) is 23.6 Å². The van der Waals surface area contributed by atoms with Crippen molar-refractivity contribution in [1.82, 2.24) is 24.7 Å². The molecule has 0 aliphatic rings. The third-order valence-corrected chi connectivity index (χ3v) is 5.47. The van der Waals surface area contributed by atoms with Crippen molar-refractivity contribution in [3.8, 4) is 22.8 Å². The highest BCUT2D eigenvalue weighted by molar-refractivity contribution is 6.28. The Morgan fingerprint density at radius 2 is 1.68 bits per heavy atom. The van der Waals surface area contributed by atoms with Crippen molar-refractivity contribution < 1.29 is 4.74 Å². The molecule has 0 aliphatic heterocycles. The molecular weight excluding hydrogens is 410 g/mol. The number of halogens is 1. The van der Waals surface area contributed by atoms with Gasteiger partial charge in [0.2, 0.25) is 11.2 Å². The summed E-state index contributed by atoms with van der Waals surface area (Å²) in [7, 11) is 0. The molecule has 0 N–H and O–H groups in total. The minimum absolute atomic E-state index is 0.196. The van der Waals surface area contributed by atoms with E-state index in [4.69, 9.17) is 16.3 Å². The molecule has 4 rings (SSSR count). The van der Waals surface area contributed by atoms with Gasteiger partial charge in [-0.05, 0) is 68.6 Å². The van der Waals surface area contributed by atoms with Gasteiger partial charge in [0.15, 0.2) is 5.65 Å². The second-order valence-electron chi connectivity index (χ2n) is 8.07. The van der Waals surface area contributed by atoms with Crippen LogP contribution in [-0.4, -0.2) is 36.8 Å². The van der Waals surface area contributed by atoms with Crippen molar-refractivity contribution in [3.05, 3.63) is 71.5 Å². The summed E-state index contributed by atoms with van der Waals surface area (Å²) >= 11 is 6.06. The monoisotopic (exact) mass is 435 g/mol. The minimum atomic E-state index is 0.196. The molecule has 0 spiro atoms. The van der Waals surface area contributed by atoms with Crippen LogP contribution in [0.3, 0.4) is 0 Å². The third-order valence-electron chi connectivity index (χ3n) is 5.24. The topological polar surface area (TPSA) is 55.5 Å². The standard InChI is InChI=1S/C24H26ClN5O/c1-16(2)29(17(3)4)15-18-10-11-21(20(14-18)19-8-6-5-7-9-19)31-23-13-12-22-26-27-24(25)30(22)28-23/h5-14,16-17H,15H2,1-4H3. The largest absolute Gasteiger partial charge is 0.437 e. The Morgan fingerprint density at radius 1 is 0.935 bits per heavy atom. The van der Waals surface area contributed by atoms with Crippen molar-refractivity contribution in [2.75, 3.05) is 0 Å². The quantitative estimate of drug-likeness (QED) is 0.364. The Hall–Kier alpha value is -2.96. The number of benzene rings is 2. The average Bonchev–Trinajstić information content (AvgIpc) is 3.13. The van der Waals surface area contributed by atoms with E-state index in [1.54, 1.807) is 12.1 Å². The predicted octanol–water partition coefficient (Wildman–Crippen LogP) is 5.86. The predicted molar refractivity (Wildman–Crippen MR) is 124 cm³/mol. The molecule has 7 heteroatoms. The van der Waals surface area contributed by atoms with Gasteiger partial charge in [0.25, 0.3) is 0 Å². The van der Waals surface area contributed by atoms with E-state index in [2.05, 4.69) is 72.2 Å². The lowest BCUT2D eigenvalue weighted by Crippen LogP contribution is -2.36. The van der Waals surface area contributed by atoms with Crippen LogP contribution in [0.2, 0.25) is 5.28 Å². The van der Waals surface area contributed by atoms with E-state index in [9.17, 15) is 0 Å². The van der Waals surface area contributed by atoms with Crippen molar-refractivity contribution in [3.63, 3.8) is 0 Å². The van der Waals surface area contributed by atoms with Gasteiger partial charge in [-0.15, -0.1) is 15.3 Å². The molecule has 0 saturated carbocycles. The summed E-state index contributed by atoms with van der Waals surface area (Å²) in [6.07, 6.45) is 0. The molecule has 0 radical (unpaired) electrons. The molecule has 0 atom stereocenters. The highest BCUT2D eigenvalue weighted by Gasteiger charge is 2.16. The molecule has 0 aliphatic carbocycles. The molecule has 4 aromatic rings. The summed E-state index contributed by atoms with van der Waals surface area (Å²) in [4.78, 5) is 2.47. The number of ether oxygens (including phenoxy) is 1. The van der Waals surface area contributed by atoms with Crippen LogP contribution in [-0.2, 0) is 6.54 Å². The summed E-state index contributed by atoms with van der Waals surface area (Å²) in [5, 5.41) is 12.4. The summed E-state index contributed by atoms with van der Waals surface area (Å²) in [5.41, 5.74) is 3.91. The Morgan fingerprint density at radius 3 is 2.39 bits per heavy atom. The lowest BCUT2D eigenvalue weighted by atomic mass is 10.0. The molecule has 0 unspecified atom stereocenters. The molecule has 0 saturated heterocycles. The van der Waals surface area contributed by atoms with Crippen molar-refractivity contribution >= 4 is 17.2 Å². The maximum atomic E-state index is 6.19. The molecular formula is C24H26ClN5O. The van der Waals surface area contributed by atoms with E-state index >= 15 is 0 Å². The zero-order chi connectivity index (χ0) is 22.0. The van der Waals surface area contributed by atoms with Crippen LogP contribution < -0.4 is 4.74 Å². The van der Waals surface area contributed by atoms with Gasteiger partial charge < -0.3 is 4.74 Å². The van der Waals surface area contributed by atoms with Crippen LogP contribution in [0.1, 0.15) is 33.3 Å². The maximum absolute atomic E-state index is 6.19. The van der Waals surface area contributed by atoms with Crippen LogP contribution in [0.15, 0.2) is 60.7 Å². The number of nitrogens with zero attached hydrogens (tertiary/aromatic N) is 5. The van der Waals surface area contributed by atoms with Crippen LogP contribution in [0.4, 0.5) is 0 Å². The van der Waals surface area contributed by atoms with Gasteiger partial charge in [-0.3, -0.25) is 4.90 Å². The third kappa shape index (κ3) is 4.70. The first-order chi connectivity index (χ1) is 14.9. The minimum Gasteiger partial charge on any atom is -0.437 e. The van der Waals surface area contributed by atoms with Crippen LogP contribution in [0.25, 0.3) is 16.8 Å². The van der Waals surface area contributed by atoms with Crippen LogP contribution in [0, 0.1) is 0 Å². The molecule has 31 heavy (non-hydrogen) atoms. The molecule has 2 heterocycles. The normalized spacial score (nSPS) is 11.7. The Kier molecular flexibility index (Phi) is 6.20. The Labute approximate surface area is 187 Å². The molecule has 2 aromatic heterocycles. The Bertz CT molecular complexity index is 1170. The van der Waals surface area contributed by atoms with E-state index in [-0.39, 0.29) is 5.28 Å². The van der Waals surface area contributed by atoms with Gasteiger partial charge in [-0.2, -0.15) is 4.52 Å². The second-order valence-corrected chi connectivity index (χ2v) is 8.41. The summed E-state index contributed by atoms with van der Waals surface area (Å²) in [6, 6.07) is 21.0. The highest BCUT2D eigenvalue weighted by Crippen LogP contribution is 2.34. The van der Waals surface area contributed by atoms with E-state index in [1.165, 1.54) is 10.1 Å². The number of fused-ring (bicyclic) bond motifs is 1. The Balaban J connectivity index is 1.71. The molecule has 160 valence electrons. The van der Waals surface area contributed by atoms with E-state index in [1.807, 2.05) is 24.3 Å². The van der Waals surface area contributed by atoms with Crippen molar-refractivity contribution in [2.45, 2.75) is 46.3 Å². The summed E-state index contributed by atoms with van der Waals surface area (Å²) in [5.74, 6) is 1.15. The SMILES string of the molecule is CC(C)N(Cc1ccc(Oc2ccc3nnc(Cl)n3n2)c(-c2ccccc2)c1)C(C)C. The first kappa shape index (κ1) is 21.3. The van der Waals surface area contributed by atoms with E-state index in [0.717, 1.165) is 23.4 Å². The van der Waals surface area contributed by atoms with Gasteiger partial charge in [0.05, 0.1) is 0 Å². The maximum Gasteiger partial charge on any atom is 0.246 e. The fraction of sp³-hybridized carbons (Fsp3) is 0.292. The van der Waals surface area contributed by atoms with E-state index < -0.39 is 0 Å². The molecule has 0 bridgehead atoms. The van der Waals surface area contributed by atoms with Gasteiger partial charge in [0, 0.05) is 30.3 Å². The molecule has 0 fully saturated rings. The first-order valence-corrected chi connectivity index (χ1v) is 10.8. The van der Waals surface area contributed by atoms with Gasteiger partial charge >= 0.3 is 0 Å². The fourth-order valence-electron chi connectivity index (χ4n) is 3.69. The molecule has 2 aromatic carbocycles. The summed E-state index contributed by atoms with van der Waals surface area (Å²) in [6.45, 7) is 9.79. The zero-order valence-corrected chi connectivity index (χ0v) is 18.9. The lowest BCUT2D eigenvalue weighted by Gasteiger charge is -2.30. The van der Waals surface area contributed by atoms with Gasteiger partial charge in [0.1, 0.15) is 5.75 Å². The second kappa shape index (κ2) is 9.04.